The molecule has 2 aliphatic rings. The van der Waals surface area contributed by atoms with E-state index < -0.39 is 10.0 Å². The minimum atomic E-state index is -3.39. The molecule has 1 aliphatic heterocycles. The highest BCUT2D eigenvalue weighted by Gasteiger charge is 2.27. The molecule has 1 aromatic carbocycles. The lowest BCUT2D eigenvalue weighted by Crippen LogP contribution is -2.38. The maximum Gasteiger partial charge on any atom is 0.240 e. The quantitative estimate of drug-likeness (QED) is 0.323. The molecule has 0 amide bonds. The molecular formula is C21H35N5O2S. The minimum absolute atomic E-state index is 0.120. The van der Waals surface area contributed by atoms with Gasteiger partial charge in [-0.05, 0) is 69.4 Å². The average molecular weight is 422 g/mol. The summed E-state index contributed by atoms with van der Waals surface area (Å²) in [4.78, 5) is 7.17. The summed E-state index contributed by atoms with van der Waals surface area (Å²) >= 11 is 0. The maximum absolute atomic E-state index is 12.2. The molecule has 3 rings (SSSR count). The third kappa shape index (κ3) is 7.60. The average Bonchev–Trinajstić information content (AvgIpc) is 3.55. The van der Waals surface area contributed by atoms with Gasteiger partial charge in [-0.2, -0.15) is 0 Å². The molecule has 1 aromatic rings. The second-order valence-corrected chi connectivity index (χ2v) is 9.72. The topological polar surface area (TPSA) is 85.8 Å². The van der Waals surface area contributed by atoms with Crippen LogP contribution in [-0.2, 0) is 16.6 Å². The van der Waals surface area contributed by atoms with Crippen LogP contribution in [-0.4, -0.2) is 58.5 Å². The lowest BCUT2D eigenvalue weighted by Gasteiger charge is -2.20. The molecule has 0 unspecified atom stereocenters. The molecule has 0 atom stereocenters. The number of hydrogen-bond donors (Lipinski definition) is 3. The standard InChI is InChI=1S/C21H35N5O2S/c1-22-21(23-13-6-16-26-14-4-2-3-5-15-26)24-17-18-7-11-20(12-8-18)29(27,28)25-19-9-10-19/h7-8,11-12,19,25H,2-6,9-10,13-17H2,1H3,(H2,22,23,24). The molecule has 29 heavy (non-hydrogen) atoms. The Kier molecular flexibility index (Phi) is 8.32. The summed E-state index contributed by atoms with van der Waals surface area (Å²) in [5, 5.41) is 6.66. The summed E-state index contributed by atoms with van der Waals surface area (Å²) in [7, 11) is -1.62. The molecule has 162 valence electrons. The van der Waals surface area contributed by atoms with Crippen LogP contribution < -0.4 is 15.4 Å². The highest BCUT2D eigenvalue weighted by Crippen LogP contribution is 2.22. The normalized spacial score (nSPS) is 19.0. The van der Waals surface area contributed by atoms with Crippen molar-refractivity contribution >= 4 is 16.0 Å². The Balaban J connectivity index is 1.37. The second-order valence-electron chi connectivity index (χ2n) is 8.00. The fourth-order valence-corrected chi connectivity index (χ4v) is 4.86. The van der Waals surface area contributed by atoms with Gasteiger partial charge in [-0.25, -0.2) is 13.1 Å². The number of guanidine groups is 1. The molecule has 3 N–H and O–H groups in total. The van der Waals surface area contributed by atoms with Crippen LogP contribution >= 0.6 is 0 Å². The van der Waals surface area contributed by atoms with Gasteiger partial charge in [-0.3, -0.25) is 4.99 Å². The van der Waals surface area contributed by atoms with Crippen LogP contribution in [0.5, 0.6) is 0 Å². The van der Waals surface area contributed by atoms with Crippen LogP contribution in [0.1, 0.15) is 50.5 Å². The number of nitrogens with one attached hydrogen (secondary N) is 3. The van der Waals surface area contributed by atoms with Crippen LogP contribution in [0.15, 0.2) is 34.2 Å². The van der Waals surface area contributed by atoms with Gasteiger partial charge >= 0.3 is 0 Å². The van der Waals surface area contributed by atoms with Crippen molar-refractivity contribution in [2.75, 3.05) is 33.2 Å². The largest absolute Gasteiger partial charge is 0.356 e. The van der Waals surface area contributed by atoms with E-state index >= 15 is 0 Å². The number of sulfonamides is 1. The van der Waals surface area contributed by atoms with Gasteiger partial charge in [-0.1, -0.05) is 25.0 Å². The minimum Gasteiger partial charge on any atom is -0.356 e. The smallest absolute Gasteiger partial charge is 0.240 e. The van der Waals surface area contributed by atoms with E-state index in [1.807, 2.05) is 12.1 Å². The van der Waals surface area contributed by atoms with Gasteiger partial charge in [0.15, 0.2) is 5.96 Å². The van der Waals surface area contributed by atoms with Crippen molar-refractivity contribution in [2.24, 2.45) is 4.99 Å². The third-order valence-corrected chi connectivity index (χ3v) is 7.00. The molecule has 1 saturated heterocycles. The van der Waals surface area contributed by atoms with E-state index in [-0.39, 0.29) is 6.04 Å². The number of hydrogen-bond acceptors (Lipinski definition) is 4. The Bertz CT molecular complexity index is 752. The fraction of sp³-hybridized carbons (Fsp3) is 0.667. The first-order valence-electron chi connectivity index (χ1n) is 10.8. The van der Waals surface area contributed by atoms with E-state index in [1.165, 1.54) is 38.8 Å². The maximum atomic E-state index is 12.2. The molecule has 0 aromatic heterocycles. The van der Waals surface area contributed by atoms with E-state index in [1.54, 1.807) is 19.2 Å². The van der Waals surface area contributed by atoms with Crippen LogP contribution in [0.3, 0.4) is 0 Å². The van der Waals surface area contributed by atoms with Gasteiger partial charge in [0.1, 0.15) is 0 Å². The van der Waals surface area contributed by atoms with Crippen molar-refractivity contribution in [1.29, 1.82) is 0 Å². The number of rotatable bonds is 9. The SMILES string of the molecule is CN=C(NCCCN1CCCCCC1)NCc1ccc(S(=O)(=O)NC2CC2)cc1. The summed E-state index contributed by atoms with van der Waals surface area (Å²) in [6, 6.07) is 7.15. The highest BCUT2D eigenvalue weighted by atomic mass is 32.2. The lowest BCUT2D eigenvalue weighted by atomic mass is 10.2. The first kappa shape index (κ1) is 22.1. The first-order chi connectivity index (χ1) is 14.1. The summed E-state index contributed by atoms with van der Waals surface area (Å²) < 4.78 is 27.2. The number of nitrogens with zero attached hydrogens (tertiary/aromatic N) is 2. The van der Waals surface area contributed by atoms with Crippen LogP contribution in [0.25, 0.3) is 0 Å². The van der Waals surface area contributed by atoms with Crippen LogP contribution in [0.2, 0.25) is 0 Å². The molecule has 1 heterocycles. The molecule has 0 bridgehead atoms. The predicted molar refractivity (Wildman–Crippen MR) is 118 cm³/mol. The van der Waals surface area contributed by atoms with E-state index in [9.17, 15) is 8.42 Å². The molecule has 1 saturated carbocycles. The summed E-state index contributed by atoms with van der Waals surface area (Å²) in [6.45, 7) is 5.08. The molecule has 1 aliphatic carbocycles. The monoisotopic (exact) mass is 421 g/mol. The zero-order valence-electron chi connectivity index (χ0n) is 17.5. The van der Waals surface area contributed by atoms with Crippen LogP contribution in [0.4, 0.5) is 0 Å². The number of benzene rings is 1. The molecular weight excluding hydrogens is 386 g/mol. The van der Waals surface area contributed by atoms with Crippen molar-refractivity contribution < 1.29 is 8.42 Å². The number of aliphatic imine (C=N–C) groups is 1. The van der Waals surface area contributed by atoms with Crippen molar-refractivity contribution in [3.63, 3.8) is 0 Å². The van der Waals surface area contributed by atoms with Crippen LogP contribution in [0, 0.1) is 0 Å². The van der Waals surface area contributed by atoms with E-state index in [2.05, 4.69) is 25.2 Å². The summed E-state index contributed by atoms with van der Waals surface area (Å²) in [5.74, 6) is 0.771. The zero-order valence-corrected chi connectivity index (χ0v) is 18.3. The van der Waals surface area contributed by atoms with Gasteiger partial charge in [-0.15, -0.1) is 0 Å². The van der Waals surface area contributed by atoms with Crippen molar-refractivity contribution in [2.45, 2.75) is 62.4 Å². The second kappa shape index (κ2) is 10.9. The van der Waals surface area contributed by atoms with Gasteiger partial charge in [0.25, 0.3) is 0 Å². The lowest BCUT2D eigenvalue weighted by molar-refractivity contribution is 0.282. The summed E-state index contributed by atoms with van der Waals surface area (Å²) in [6.07, 6.45) is 8.36. The van der Waals surface area contributed by atoms with Crippen molar-refractivity contribution in [3.05, 3.63) is 29.8 Å². The number of likely N-dealkylation sites (tertiary alicyclic amines) is 1. The Morgan fingerprint density at radius 1 is 1.07 bits per heavy atom. The predicted octanol–water partition coefficient (Wildman–Crippen LogP) is 2.06. The molecule has 0 spiro atoms. The molecule has 0 radical (unpaired) electrons. The Hall–Kier alpha value is -1.64. The fourth-order valence-electron chi connectivity index (χ4n) is 3.55. The van der Waals surface area contributed by atoms with Gasteiger partial charge in [0, 0.05) is 26.2 Å². The first-order valence-corrected chi connectivity index (χ1v) is 12.3. The van der Waals surface area contributed by atoms with E-state index in [0.717, 1.165) is 43.9 Å². The third-order valence-electron chi connectivity index (χ3n) is 5.46. The molecule has 2 fully saturated rings. The Morgan fingerprint density at radius 2 is 1.76 bits per heavy atom. The highest BCUT2D eigenvalue weighted by molar-refractivity contribution is 7.89. The van der Waals surface area contributed by atoms with E-state index in [4.69, 9.17) is 0 Å². The van der Waals surface area contributed by atoms with Gasteiger partial charge < -0.3 is 15.5 Å². The van der Waals surface area contributed by atoms with Crippen molar-refractivity contribution in [3.8, 4) is 0 Å². The zero-order chi connectivity index (χ0) is 20.5. The van der Waals surface area contributed by atoms with Gasteiger partial charge in [0.2, 0.25) is 10.0 Å². The Labute approximate surface area is 175 Å². The molecule has 8 heteroatoms. The summed E-state index contributed by atoms with van der Waals surface area (Å²) in [5.41, 5.74) is 1.02. The van der Waals surface area contributed by atoms with E-state index in [0.29, 0.717) is 11.4 Å². The molecule has 7 nitrogen and oxygen atoms in total. The van der Waals surface area contributed by atoms with Crippen molar-refractivity contribution in [1.82, 2.24) is 20.3 Å². The Morgan fingerprint density at radius 3 is 2.38 bits per heavy atom. The van der Waals surface area contributed by atoms with Gasteiger partial charge in [0.05, 0.1) is 4.90 Å².